The van der Waals surface area contributed by atoms with Crippen molar-refractivity contribution in [3.63, 3.8) is 0 Å². The number of hydrogen-bond donors (Lipinski definition) is 0. The number of rotatable bonds is 6. The van der Waals surface area contributed by atoms with Crippen molar-refractivity contribution < 1.29 is 0 Å². The highest BCUT2D eigenvalue weighted by molar-refractivity contribution is 7.25. The molecule has 3 atom stereocenters. The van der Waals surface area contributed by atoms with Crippen molar-refractivity contribution in [1.82, 2.24) is 9.97 Å². The molecule has 2 aromatic heterocycles. The number of fused-ring (bicyclic) bond motifs is 6. The van der Waals surface area contributed by atoms with Crippen LogP contribution in [0.3, 0.4) is 0 Å². The molecule has 266 valence electrons. The van der Waals surface area contributed by atoms with Crippen molar-refractivity contribution in [2.75, 3.05) is 4.90 Å². The third kappa shape index (κ3) is 5.56. The summed E-state index contributed by atoms with van der Waals surface area (Å²) < 4.78 is 2.67. The number of allylic oxidation sites excluding steroid dienone is 4. The highest BCUT2D eigenvalue weighted by atomic mass is 32.1. The summed E-state index contributed by atoms with van der Waals surface area (Å²) in [6, 6.07) is 58.8. The van der Waals surface area contributed by atoms with Crippen LogP contribution >= 0.6 is 11.3 Å². The van der Waals surface area contributed by atoms with E-state index in [0.29, 0.717) is 0 Å². The zero-order valence-electron chi connectivity index (χ0n) is 30.7. The van der Waals surface area contributed by atoms with Crippen LogP contribution in [-0.4, -0.2) is 22.1 Å². The predicted molar refractivity (Wildman–Crippen MR) is 235 cm³/mol. The third-order valence-electron chi connectivity index (χ3n) is 11.6. The second-order valence-corrected chi connectivity index (χ2v) is 15.9. The van der Waals surface area contributed by atoms with Crippen LogP contribution < -0.4 is 4.90 Å². The lowest BCUT2D eigenvalue weighted by Crippen LogP contribution is -2.37. The third-order valence-corrected chi connectivity index (χ3v) is 12.8. The molecule has 2 aliphatic carbocycles. The molecule has 6 aromatic carbocycles. The lowest BCUT2D eigenvalue weighted by atomic mass is 9.82. The predicted octanol–water partition coefficient (Wildman–Crippen LogP) is 13.1. The van der Waals surface area contributed by atoms with Gasteiger partial charge in [-0.1, -0.05) is 158 Å². The zero-order valence-corrected chi connectivity index (χ0v) is 31.5. The van der Waals surface area contributed by atoms with Gasteiger partial charge in [0, 0.05) is 54.0 Å². The lowest BCUT2D eigenvalue weighted by molar-refractivity contribution is 0.675. The highest BCUT2D eigenvalue weighted by Crippen LogP contribution is 2.48. The van der Waals surface area contributed by atoms with Crippen LogP contribution in [0.25, 0.3) is 65.0 Å². The molecule has 3 nitrogen and oxygen atoms in total. The normalized spacial score (nSPS) is 18.7. The highest BCUT2D eigenvalue weighted by Gasteiger charge is 2.45. The van der Waals surface area contributed by atoms with E-state index in [1.54, 1.807) is 0 Å². The van der Waals surface area contributed by atoms with Gasteiger partial charge in [0.1, 0.15) is 0 Å². The Kier molecular flexibility index (Phi) is 7.96. The van der Waals surface area contributed by atoms with E-state index in [1.807, 2.05) is 11.3 Å². The van der Waals surface area contributed by atoms with Gasteiger partial charge < -0.3 is 4.90 Å². The summed E-state index contributed by atoms with van der Waals surface area (Å²) in [6.45, 7) is 0. The molecule has 3 aliphatic rings. The molecule has 0 saturated carbocycles. The van der Waals surface area contributed by atoms with Crippen LogP contribution in [0, 0.1) is 5.92 Å². The van der Waals surface area contributed by atoms with E-state index < -0.39 is 0 Å². The Hall–Kier alpha value is -6.62. The summed E-state index contributed by atoms with van der Waals surface area (Å²) in [5, 5.41) is 2.66. The van der Waals surface area contributed by atoms with E-state index in [9.17, 15) is 0 Å². The monoisotopic (exact) mass is 735 g/mol. The smallest absolute Gasteiger partial charge is 0.160 e. The van der Waals surface area contributed by atoms with E-state index in [1.165, 1.54) is 42.6 Å². The first-order valence-electron chi connectivity index (χ1n) is 19.4. The summed E-state index contributed by atoms with van der Waals surface area (Å²) in [4.78, 5) is 13.6. The van der Waals surface area contributed by atoms with Gasteiger partial charge in [-0.05, 0) is 65.1 Å². The fraction of sp³-hybridized carbons (Fsp3) is 0.0769. The van der Waals surface area contributed by atoms with Gasteiger partial charge in [0.2, 0.25) is 0 Å². The first-order valence-corrected chi connectivity index (χ1v) is 20.2. The SMILES string of the molecule is C1=CC2C(C=C1c1ccc3sc4ccccc4c3c1)C1=CC(c3nc(-c4ccccc4)c(-c4ccccc4)c(-c4ccccc4)n3)=CCC1N2c1ccccc1. The Bertz CT molecular complexity index is 2830. The van der Waals surface area contributed by atoms with E-state index in [4.69, 9.17) is 9.97 Å². The topological polar surface area (TPSA) is 29.0 Å². The Morgan fingerprint density at radius 3 is 1.86 bits per heavy atom. The molecule has 1 fully saturated rings. The van der Waals surface area contributed by atoms with Crippen molar-refractivity contribution in [2.24, 2.45) is 5.92 Å². The molecule has 0 bridgehead atoms. The molecule has 0 amide bonds. The maximum atomic E-state index is 5.47. The number of para-hydroxylation sites is 1. The Morgan fingerprint density at radius 2 is 1.16 bits per heavy atom. The molecule has 11 rings (SSSR count). The molecule has 0 N–H and O–H groups in total. The van der Waals surface area contributed by atoms with E-state index in [-0.39, 0.29) is 18.0 Å². The molecular formula is C52H37N3S. The van der Waals surface area contributed by atoms with Gasteiger partial charge in [0.05, 0.1) is 23.5 Å². The van der Waals surface area contributed by atoms with Gasteiger partial charge in [-0.3, -0.25) is 0 Å². The number of hydrogen-bond acceptors (Lipinski definition) is 4. The van der Waals surface area contributed by atoms with Gasteiger partial charge >= 0.3 is 0 Å². The Morgan fingerprint density at radius 1 is 0.554 bits per heavy atom. The minimum Gasteiger partial charge on any atom is -0.357 e. The molecule has 3 unspecified atom stereocenters. The first kappa shape index (κ1) is 32.8. The summed E-state index contributed by atoms with van der Waals surface area (Å²) in [7, 11) is 0. The quantitative estimate of drug-likeness (QED) is 0.170. The summed E-state index contributed by atoms with van der Waals surface area (Å²) >= 11 is 1.87. The van der Waals surface area contributed by atoms with Crippen molar-refractivity contribution in [3.05, 3.63) is 211 Å². The van der Waals surface area contributed by atoms with Crippen molar-refractivity contribution in [1.29, 1.82) is 0 Å². The maximum Gasteiger partial charge on any atom is 0.160 e. The van der Waals surface area contributed by atoms with Crippen LogP contribution in [0.15, 0.2) is 200 Å². The molecule has 0 radical (unpaired) electrons. The molecule has 4 heteroatoms. The van der Waals surface area contributed by atoms with Gasteiger partial charge in [0.15, 0.2) is 5.82 Å². The van der Waals surface area contributed by atoms with Gasteiger partial charge in [-0.2, -0.15) is 0 Å². The van der Waals surface area contributed by atoms with Crippen molar-refractivity contribution >= 4 is 48.3 Å². The first-order chi connectivity index (χ1) is 27.8. The Balaban J connectivity index is 1.07. The van der Waals surface area contributed by atoms with Crippen LogP contribution in [0.4, 0.5) is 5.69 Å². The second-order valence-electron chi connectivity index (χ2n) is 14.8. The largest absolute Gasteiger partial charge is 0.357 e. The number of benzene rings is 6. The number of thiophene rings is 1. The number of anilines is 1. The fourth-order valence-electron chi connectivity index (χ4n) is 9.02. The number of aromatic nitrogens is 2. The summed E-state index contributed by atoms with van der Waals surface area (Å²) in [6.07, 6.45) is 13.0. The summed E-state index contributed by atoms with van der Waals surface area (Å²) in [5.74, 6) is 0.956. The molecule has 3 heterocycles. The van der Waals surface area contributed by atoms with Crippen LogP contribution in [0.1, 0.15) is 17.8 Å². The van der Waals surface area contributed by atoms with Gasteiger partial charge in [-0.25, -0.2) is 9.97 Å². The Labute approximate surface area is 331 Å². The standard InChI is InChI=1S/C52H37N3S/c1-5-15-34(16-6-1)49-50(35-17-7-2-8-18-35)53-52(54-51(49)36-19-9-3-10-20-36)39-26-29-46-43(33-39)42-31-37(25-28-45(42)55(46)40-21-11-4-12-22-40)38-27-30-48-44(32-38)41-23-13-14-24-47(41)56-48/h1-28,30-33,42,45-46H,29H2. The van der Waals surface area contributed by atoms with Crippen molar-refractivity contribution in [3.8, 4) is 33.6 Å². The van der Waals surface area contributed by atoms with Crippen LogP contribution in [-0.2, 0) is 0 Å². The molecule has 56 heavy (non-hydrogen) atoms. The number of nitrogens with zero attached hydrogens (tertiary/aromatic N) is 3. The molecule has 1 aliphatic heterocycles. The molecular weight excluding hydrogens is 699 g/mol. The summed E-state index contributed by atoms with van der Waals surface area (Å²) in [5.41, 5.74) is 12.5. The van der Waals surface area contributed by atoms with Crippen LogP contribution in [0.5, 0.6) is 0 Å². The van der Waals surface area contributed by atoms with E-state index in [2.05, 4.69) is 199 Å². The minimum atomic E-state index is 0.199. The molecule has 8 aromatic rings. The van der Waals surface area contributed by atoms with Crippen LogP contribution in [0.2, 0.25) is 0 Å². The molecule has 1 saturated heterocycles. The van der Waals surface area contributed by atoms with E-state index >= 15 is 0 Å². The van der Waals surface area contributed by atoms with Gasteiger partial charge in [0.25, 0.3) is 0 Å². The average Bonchev–Trinajstić information content (AvgIpc) is 3.82. The van der Waals surface area contributed by atoms with E-state index in [0.717, 1.165) is 51.5 Å². The lowest BCUT2D eigenvalue weighted by Gasteiger charge is -2.33. The van der Waals surface area contributed by atoms with Gasteiger partial charge in [-0.15, -0.1) is 11.3 Å². The maximum absolute atomic E-state index is 5.47. The fourth-order valence-corrected chi connectivity index (χ4v) is 10.1. The van der Waals surface area contributed by atoms with Crippen molar-refractivity contribution in [2.45, 2.75) is 18.5 Å². The average molecular weight is 736 g/mol. The second kappa shape index (κ2) is 13.6. The zero-order chi connectivity index (χ0) is 37.0. The molecule has 0 spiro atoms. The minimum absolute atomic E-state index is 0.199.